The first-order valence-electron chi connectivity index (χ1n) is 5.75. The Labute approximate surface area is 104 Å². The quantitative estimate of drug-likeness (QED) is 0.642. The summed E-state index contributed by atoms with van der Waals surface area (Å²) in [5.41, 5.74) is 0. The van der Waals surface area contributed by atoms with E-state index in [0.29, 0.717) is 11.0 Å². The molecule has 0 bridgehead atoms. The van der Waals surface area contributed by atoms with Gasteiger partial charge in [0.15, 0.2) is 5.13 Å². The van der Waals surface area contributed by atoms with Crippen LogP contribution in [0.15, 0.2) is 6.20 Å². The fraction of sp³-hybridized carbons (Fsp3) is 0.700. The van der Waals surface area contributed by atoms with Crippen molar-refractivity contribution < 1.29 is 4.92 Å². The molecule has 7 heteroatoms. The highest BCUT2D eigenvalue weighted by Crippen LogP contribution is 2.25. The molecule has 1 fully saturated rings. The van der Waals surface area contributed by atoms with Gasteiger partial charge in [-0.2, -0.15) is 0 Å². The van der Waals surface area contributed by atoms with Gasteiger partial charge in [-0.15, -0.1) is 0 Å². The van der Waals surface area contributed by atoms with E-state index >= 15 is 0 Å². The number of thiazole rings is 1. The van der Waals surface area contributed by atoms with Crippen molar-refractivity contribution in [3.8, 4) is 0 Å². The van der Waals surface area contributed by atoms with Gasteiger partial charge in [0.1, 0.15) is 6.20 Å². The first-order chi connectivity index (χ1) is 8.19. The van der Waals surface area contributed by atoms with E-state index in [-0.39, 0.29) is 5.00 Å². The van der Waals surface area contributed by atoms with Gasteiger partial charge < -0.3 is 10.2 Å². The van der Waals surface area contributed by atoms with Crippen LogP contribution < -0.4 is 5.32 Å². The lowest BCUT2D eigenvalue weighted by atomic mass is 10.1. The van der Waals surface area contributed by atoms with Gasteiger partial charge >= 0.3 is 5.00 Å². The summed E-state index contributed by atoms with van der Waals surface area (Å²) in [6, 6.07) is 0. The van der Waals surface area contributed by atoms with Crippen LogP contribution in [0, 0.1) is 16.0 Å². The number of nitrogens with zero attached hydrogens (tertiary/aromatic N) is 3. The van der Waals surface area contributed by atoms with E-state index in [4.69, 9.17) is 0 Å². The zero-order valence-corrected chi connectivity index (χ0v) is 10.6. The van der Waals surface area contributed by atoms with Gasteiger partial charge in [0.25, 0.3) is 0 Å². The van der Waals surface area contributed by atoms with Crippen molar-refractivity contribution in [2.75, 3.05) is 31.5 Å². The minimum atomic E-state index is -0.406. The molecule has 2 heterocycles. The zero-order valence-electron chi connectivity index (χ0n) is 9.76. The summed E-state index contributed by atoms with van der Waals surface area (Å²) < 4.78 is 0. The molecule has 0 aromatic carbocycles. The predicted molar refractivity (Wildman–Crippen MR) is 67.5 cm³/mol. The van der Waals surface area contributed by atoms with Gasteiger partial charge in [-0.05, 0) is 36.8 Å². The fourth-order valence-corrected chi connectivity index (χ4v) is 2.67. The third kappa shape index (κ3) is 3.13. The van der Waals surface area contributed by atoms with E-state index in [1.807, 2.05) is 0 Å². The van der Waals surface area contributed by atoms with Crippen molar-refractivity contribution in [2.24, 2.45) is 5.92 Å². The lowest BCUT2D eigenvalue weighted by molar-refractivity contribution is -0.380. The summed E-state index contributed by atoms with van der Waals surface area (Å²) in [6.07, 6.45) is 2.49. The Morgan fingerprint density at radius 2 is 2.59 bits per heavy atom. The van der Waals surface area contributed by atoms with E-state index in [1.54, 1.807) is 0 Å². The molecule has 1 unspecified atom stereocenters. The highest BCUT2D eigenvalue weighted by atomic mass is 32.1. The lowest BCUT2D eigenvalue weighted by Crippen LogP contribution is -2.22. The third-order valence-electron chi connectivity index (χ3n) is 3.03. The first kappa shape index (κ1) is 12.3. The summed E-state index contributed by atoms with van der Waals surface area (Å²) >= 11 is 1.10. The Kier molecular flexibility index (Phi) is 3.90. The number of aromatic nitrogens is 1. The first-order valence-corrected chi connectivity index (χ1v) is 6.57. The maximum atomic E-state index is 10.5. The third-order valence-corrected chi connectivity index (χ3v) is 3.94. The molecule has 1 atom stereocenters. The number of nitro groups is 1. The second-order valence-electron chi connectivity index (χ2n) is 4.19. The number of hydrogen-bond acceptors (Lipinski definition) is 6. The molecular weight excluding hydrogens is 240 g/mol. The van der Waals surface area contributed by atoms with Crippen LogP contribution in [0.3, 0.4) is 0 Å². The smallest absolute Gasteiger partial charge is 0.345 e. The summed E-state index contributed by atoms with van der Waals surface area (Å²) in [5.74, 6) is 0.623. The molecule has 1 aromatic rings. The summed E-state index contributed by atoms with van der Waals surface area (Å²) in [5, 5.41) is 14.4. The van der Waals surface area contributed by atoms with E-state index in [1.165, 1.54) is 12.6 Å². The monoisotopic (exact) mass is 256 g/mol. The average Bonchev–Trinajstić information content (AvgIpc) is 2.95. The molecule has 1 aliphatic rings. The Balaban J connectivity index is 1.80. The van der Waals surface area contributed by atoms with E-state index < -0.39 is 4.92 Å². The molecule has 0 aliphatic carbocycles. The van der Waals surface area contributed by atoms with E-state index in [2.05, 4.69) is 22.1 Å². The molecule has 0 saturated carbocycles. The zero-order chi connectivity index (χ0) is 12.3. The maximum absolute atomic E-state index is 10.5. The van der Waals surface area contributed by atoms with Crippen molar-refractivity contribution in [1.29, 1.82) is 0 Å². The van der Waals surface area contributed by atoms with Gasteiger partial charge in [0.2, 0.25) is 0 Å². The van der Waals surface area contributed by atoms with E-state index in [0.717, 1.165) is 37.5 Å². The topological polar surface area (TPSA) is 71.3 Å². The van der Waals surface area contributed by atoms with Crippen LogP contribution in [0.2, 0.25) is 0 Å². The van der Waals surface area contributed by atoms with Gasteiger partial charge in [-0.1, -0.05) is 6.92 Å². The highest BCUT2D eigenvalue weighted by molar-refractivity contribution is 7.18. The van der Waals surface area contributed by atoms with Crippen molar-refractivity contribution in [1.82, 2.24) is 9.88 Å². The van der Waals surface area contributed by atoms with Crippen LogP contribution in [-0.4, -0.2) is 41.0 Å². The number of rotatable bonds is 5. The minimum absolute atomic E-state index is 0.0918. The Bertz CT molecular complexity index is 395. The molecule has 1 N–H and O–H groups in total. The van der Waals surface area contributed by atoms with Crippen LogP contribution in [0.5, 0.6) is 0 Å². The predicted octanol–water partition coefficient (Wildman–Crippen LogP) is 1.80. The summed E-state index contributed by atoms with van der Waals surface area (Å²) in [7, 11) is 0. The fourth-order valence-electron chi connectivity index (χ4n) is 2.03. The molecule has 6 nitrogen and oxygen atoms in total. The van der Waals surface area contributed by atoms with Crippen LogP contribution in [0.1, 0.15) is 13.3 Å². The normalized spacial score (nSPS) is 20.6. The van der Waals surface area contributed by atoms with Crippen LogP contribution in [0.25, 0.3) is 0 Å². The Morgan fingerprint density at radius 3 is 3.18 bits per heavy atom. The number of hydrogen-bond donors (Lipinski definition) is 1. The molecule has 0 radical (unpaired) electrons. The molecule has 1 aromatic heterocycles. The highest BCUT2D eigenvalue weighted by Gasteiger charge is 2.21. The Hall–Kier alpha value is -1.21. The Morgan fingerprint density at radius 1 is 1.76 bits per heavy atom. The largest absolute Gasteiger partial charge is 0.361 e. The number of likely N-dealkylation sites (tertiary alicyclic amines) is 1. The van der Waals surface area contributed by atoms with Gasteiger partial charge in [0, 0.05) is 13.1 Å². The van der Waals surface area contributed by atoms with Crippen LogP contribution >= 0.6 is 11.3 Å². The molecule has 0 spiro atoms. The second-order valence-corrected chi connectivity index (χ2v) is 5.20. The molecule has 0 amide bonds. The van der Waals surface area contributed by atoms with E-state index in [9.17, 15) is 10.1 Å². The van der Waals surface area contributed by atoms with Gasteiger partial charge in [-0.3, -0.25) is 10.1 Å². The summed E-state index contributed by atoms with van der Waals surface area (Å²) in [4.78, 5) is 16.5. The SMILES string of the molecule is CCN1CCC(CNc2ncc([N+](=O)[O-])s2)C1. The van der Waals surface area contributed by atoms with Crippen molar-refractivity contribution in [3.05, 3.63) is 16.3 Å². The number of anilines is 1. The molecule has 1 saturated heterocycles. The van der Waals surface area contributed by atoms with Crippen molar-refractivity contribution >= 4 is 21.5 Å². The molecular formula is C10H16N4O2S. The lowest BCUT2D eigenvalue weighted by Gasteiger charge is -2.13. The molecule has 94 valence electrons. The van der Waals surface area contributed by atoms with Gasteiger partial charge in [0.05, 0.1) is 4.92 Å². The molecule has 1 aliphatic heterocycles. The van der Waals surface area contributed by atoms with Crippen molar-refractivity contribution in [3.63, 3.8) is 0 Å². The summed E-state index contributed by atoms with van der Waals surface area (Å²) in [6.45, 7) is 6.37. The minimum Gasteiger partial charge on any atom is -0.361 e. The van der Waals surface area contributed by atoms with Crippen LogP contribution in [-0.2, 0) is 0 Å². The maximum Gasteiger partial charge on any atom is 0.345 e. The van der Waals surface area contributed by atoms with Crippen LogP contribution in [0.4, 0.5) is 10.1 Å². The number of nitrogens with one attached hydrogen (secondary N) is 1. The van der Waals surface area contributed by atoms with Gasteiger partial charge in [-0.25, -0.2) is 4.98 Å². The molecule has 2 rings (SSSR count). The standard InChI is InChI=1S/C10H16N4O2S/c1-2-13-4-3-8(7-13)5-11-10-12-6-9(17-10)14(15)16/h6,8H,2-5,7H2,1H3,(H,11,12). The second kappa shape index (κ2) is 5.42. The van der Waals surface area contributed by atoms with Crippen molar-refractivity contribution in [2.45, 2.75) is 13.3 Å². The average molecular weight is 256 g/mol. The molecule has 17 heavy (non-hydrogen) atoms.